The van der Waals surface area contributed by atoms with Crippen molar-refractivity contribution in [2.24, 2.45) is 22.7 Å². The topological polar surface area (TPSA) is 174 Å². The van der Waals surface area contributed by atoms with Crippen LogP contribution in [0.2, 0.25) is 0 Å². The van der Waals surface area contributed by atoms with E-state index in [1.54, 1.807) is 18.3 Å². The summed E-state index contributed by atoms with van der Waals surface area (Å²) < 4.78 is 44.0. The number of ether oxygens (including phenoxy) is 3. The van der Waals surface area contributed by atoms with Crippen LogP contribution in [0.15, 0.2) is 24.9 Å². The fraction of sp³-hybridized carbons (Fsp3) is 0.688. The molecule has 1 aromatic rings. The molecule has 258 valence electrons. The molecule has 3 heterocycles. The van der Waals surface area contributed by atoms with Crippen molar-refractivity contribution in [3.63, 3.8) is 0 Å². The van der Waals surface area contributed by atoms with Crippen molar-refractivity contribution in [1.29, 1.82) is 0 Å². The lowest BCUT2D eigenvalue weighted by molar-refractivity contribution is -0.151. The zero-order valence-corrected chi connectivity index (χ0v) is 28.3. The van der Waals surface area contributed by atoms with Gasteiger partial charge in [0.15, 0.2) is 5.78 Å². The summed E-state index contributed by atoms with van der Waals surface area (Å²) in [4.78, 5) is 66.5. The lowest BCUT2D eigenvalue weighted by Gasteiger charge is -2.34. The molecule has 2 saturated carbocycles. The van der Waals surface area contributed by atoms with Crippen LogP contribution < -0.4 is 14.4 Å². The largest absolute Gasteiger partial charge is 0.472 e. The number of sulfonamides is 1. The average molecular weight is 676 g/mol. The number of methoxy groups -OCH3 is 1. The molecule has 0 bridgehead atoms. The van der Waals surface area contributed by atoms with Crippen molar-refractivity contribution >= 4 is 39.5 Å². The Labute approximate surface area is 275 Å². The summed E-state index contributed by atoms with van der Waals surface area (Å²) in [6, 6.07) is 0.630. The third-order valence-corrected chi connectivity index (χ3v) is 11.4. The molecule has 2 amide bonds. The van der Waals surface area contributed by atoms with Crippen LogP contribution in [0.4, 0.5) is 5.95 Å². The molecule has 15 heteroatoms. The standard InChI is InChI=1S/C32H45N5O9S/c1-6-20-17-32(20,29(41)35-47(42,43)22-7-8-22)18-25(38)24-15-21(19-37(24)28(40)23(31(2,3)4)16-27(39)44-5)46-26-9-10-33-30(34-26)36-11-13-45-14-12-36/h6,9-10,20-24H,1,7-8,11-19H2,2-5H3,(H,35,41)/t20?,21-,23-,24+,32?/m1/s1. The molecule has 2 aliphatic heterocycles. The van der Waals surface area contributed by atoms with Gasteiger partial charge < -0.3 is 24.0 Å². The number of carbonyl (C=O) groups excluding carboxylic acids is 4. The Balaban J connectivity index is 1.39. The number of hydrogen-bond donors (Lipinski definition) is 1. The number of carbonyl (C=O) groups is 4. The molecule has 47 heavy (non-hydrogen) atoms. The Kier molecular flexibility index (Phi) is 9.97. The van der Waals surface area contributed by atoms with Gasteiger partial charge in [-0.3, -0.25) is 23.9 Å². The minimum absolute atomic E-state index is 0.0417. The van der Waals surface area contributed by atoms with E-state index in [9.17, 15) is 27.6 Å². The number of nitrogens with one attached hydrogen (secondary N) is 1. The average Bonchev–Trinajstić information content (AvgIpc) is 3.96. The highest BCUT2D eigenvalue weighted by atomic mass is 32.2. The number of allylic oxidation sites excluding steroid dienone is 1. The Hall–Kier alpha value is -3.59. The quantitative estimate of drug-likeness (QED) is 0.237. The monoisotopic (exact) mass is 675 g/mol. The lowest BCUT2D eigenvalue weighted by atomic mass is 9.77. The van der Waals surface area contributed by atoms with E-state index < -0.39 is 67.7 Å². The third-order valence-electron chi connectivity index (χ3n) is 9.62. The van der Waals surface area contributed by atoms with Gasteiger partial charge in [0, 0.05) is 38.2 Å². The molecule has 4 aliphatic rings. The summed E-state index contributed by atoms with van der Waals surface area (Å²) in [6.07, 6.45) is 3.42. The van der Waals surface area contributed by atoms with E-state index >= 15 is 0 Å². The minimum atomic E-state index is -3.83. The van der Waals surface area contributed by atoms with Gasteiger partial charge in [0.25, 0.3) is 0 Å². The van der Waals surface area contributed by atoms with E-state index in [1.165, 1.54) is 12.0 Å². The fourth-order valence-corrected chi connectivity index (χ4v) is 7.82. The molecule has 0 aromatic carbocycles. The van der Waals surface area contributed by atoms with Gasteiger partial charge in [-0.25, -0.2) is 13.4 Å². The SMILES string of the molecule is C=CC1CC1(CC(=O)[C@@H]1C[C@@H](Oc2ccnc(N3CCOCC3)n2)CN1C(=O)[C@@H](CC(=O)OC)C(C)(C)C)C(=O)NS(=O)(=O)C1CC1. The first kappa shape index (κ1) is 34.7. The highest BCUT2D eigenvalue weighted by Gasteiger charge is 2.61. The molecule has 1 aromatic heterocycles. The zero-order chi connectivity index (χ0) is 34.1. The van der Waals surface area contributed by atoms with Gasteiger partial charge in [-0.15, -0.1) is 6.58 Å². The molecule has 0 spiro atoms. The van der Waals surface area contributed by atoms with Crippen molar-refractivity contribution in [2.45, 2.75) is 76.7 Å². The lowest BCUT2D eigenvalue weighted by Crippen LogP contribution is -2.48. The maximum absolute atomic E-state index is 14.2. The Morgan fingerprint density at radius 3 is 2.51 bits per heavy atom. The second-order valence-electron chi connectivity index (χ2n) is 14.0. The van der Waals surface area contributed by atoms with Gasteiger partial charge in [0.2, 0.25) is 33.7 Å². The first-order valence-corrected chi connectivity index (χ1v) is 17.6. The van der Waals surface area contributed by atoms with Crippen LogP contribution in [0.1, 0.15) is 59.3 Å². The summed E-state index contributed by atoms with van der Waals surface area (Å²) in [5, 5.41) is -0.601. The number of hydrogen-bond acceptors (Lipinski definition) is 12. The van der Waals surface area contributed by atoms with Crippen LogP contribution in [0.5, 0.6) is 5.88 Å². The highest BCUT2D eigenvalue weighted by molar-refractivity contribution is 7.90. The van der Waals surface area contributed by atoms with Gasteiger partial charge in [-0.05, 0) is 30.6 Å². The highest BCUT2D eigenvalue weighted by Crippen LogP contribution is 2.57. The number of esters is 1. The predicted molar refractivity (Wildman–Crippen MR) is 170 cm³/mol. The second-order valence-corrected chi connectivity index (χ2v) is 16.0. The van der Waals surface area contributed by atoms with E-state index in [-0.39, 0.29) is 44.0 Å². The second kappa shape index (κ2) is 13.5. The first-order chi connectivity index (χ1) is 22.2. The van der Waals surface area contributed by atoms with Crippen molar-refractivity contribution in [3.8, 4) is 5.88 Å². The van der Waals surface area contributed by atoms with E-state index in [4.69, 9.17) is 14.2 Å². The molecular formula is C32H45N5O9S. The smallest absolute Gasteiger partial charge is 0.306 e. The Morgan fingerprint density at radius 1 is 1.21 bits per heavy atom. The van der Waals surface area contributed by atoms with Crippen molar-refractivity contribution in [3.05, 3.63) is 24.9 Å². The molecule has 2 aliphatic carbocycles. The van der Waals surface area contributed by atoms with Crippen molar-refractivity contribution in [1.82, 2.24) is 19.6 Å². The van der Waals surface area contributed by atoms with Crippen LogP contribution in [0.3, 0.4) is 0 Å². The van der Waals surface area contributed by atoms with Gasteiger partial charge in [-0.2, -0.15) is 4.98 Å². The number of nitrogens with zero attached hydrogens (tertiary/aromatic N) is 4. The van der Waals surface area contributed by atoms with Gasteiger partial charge in [0.1, 0.15) is 6.10 Å². The minimum Gasteiger partial charge on any atom is -0.472 e. The van der Waals surface area contributed by atoms with Gasteiger partial charge in [0.05, 0.1) is 55.9 Å². The summed E-state index contributed by atoms with van der Waals surface area (Å²) in [7, 11) is -2.58. The molecule has 0 radical (unpaired) electrons. The molecule has 2 saturated heterocycles. The number of Topliss-reactive ketones (excluding diaryl/α,β-unsaturated/α-hetero) is 1. The van der Waals surface area contributed by atoms with Crippen LogP contribution in [-0.4, -0.2) is 104 Å². The molecule has 14 nitrogen and oxygen atoms in total. The van der Waals surface area contributed by atoms with E-state index in [1.807, 2.05) is 25.7 Å². The maximum Gasteiger partial charge on any atom is 0.306 e. The van der Waals surface area contributed by atoms with Crippen LogP contribution >= 0.6 is 0 Å². The molecule has 5 rings (SSSR count). The number of rotatable bonds is 13. The normalized spacial score (nSPS) is 26.7. The first-order valence-electron chi connectivity index (χ1n) is 16.1. The number of morpholine rings is 1. The van der Waals surface area contributed by atoms with E-state index in [2.05, 4.69) is 21.3 Å². The van der Waals surface area contributed by atoms with Crippen LogP contribution in [-0.2, 0) is 38.7 Å². The molecule has 5 atom stereocenters. The fourth-order valence-electron chi connectivity index (χ4n) is 6.44. The number of likely N-dealkylation sites (tertiary alicyclic amines) is 1. The number of amides is 2. The Bertz CT molecular complexity index is 1500. The molecular weight excluding hydrogens is 630 g/mol. The van der Waals surface area contributed by atoms with Crippen LogP contribution in [0, 0.1) is 22.7 Å². The summed E-state index contributed by atoms with van der Waals surface area (Å²) >= 11 is 0. The maximum atomic E-state index is 14.2. The summed E-state index contributed by atoms with van der Waals surface area (Å²) in [5.74, 6) is -2.51. The van der Waals surface area contributed by atoms with Crippen LogP contribution in [0.25, 0.3) is 0 Å². The number of aromatic nitrogens is 2. The van der Waals surface area contributed by atoms with Crippen molar-refractivity contribution < 1.29 is 41.8 Å². The predicted octanol–water partition coefficient (Wildman–Crippen LogP) is 1.65. The van der Waals surface area contributed by atoms with E-state index in [0.29, 0.717) is 45.1 Å². The summed E-state index contributed by atoms with van der Waals surface area (Å²) in [6.45, 7) is 11.7. The number of ketones is 1. The summed E-state index contributed by atoms with van der Waals surface area (Å²) in [5.41, 5.74) is -1.93. The molecule has 1 N–H and O–H groups in total. The molecule has 4 fully saturated rings. The Morgan fingerprint density at radius 2 is 1.91 bits per heavy atom. The van der Waals surface area contributed by atoms with Crippen molar-refractivity contribution in [2.75, 3.05) is 44.9 Å². The third kappa shape index (κ3) is 7.77. The van der Waals surface area contributed by atoms with Gasteiger partial charge >= 0.3 is 5.97 Å². The molecule has 2 unspecified atom stereocenters. The zero-order valence-electron chi connectivity index (χ0n) is 27.5. The van der Waals surface area contributed by atoms with Gasteiger partial charge in [-0.1, -0.05) is 26.8 Å². The number of anilines is 1. The van der Waals surface area contributed by atoms with E-state index in [0.717, 1.165) is 0 Å².